The topological polar surface area (TPSA) is 119 Å². The molecule has 1 unspecified atom stereocenters. The van der Waals surface area contributed by atoms with Gasteiger partial charge >= 0.3 is 0 Å². The number of nitrogens with one attached hydrogen (secondary N) is 2. The molecule has 2 N–H and O–H groups in total. The maximum absolute atomic E-state index is 14.1. The fourth-order valence-electron chi connectivity index (χ4n) is 5.94. The highest BCUT2D eigenvalue weighted by Crippen LogP contribution is 2.34. The first-order chi connectivity index (χ1) is 20.1. The number of fused-ring (bicyclic) bond motifs is 2. The molecule has 0 aromatic heterocycles. The molecule has 222 valence electrons. The van der Waals surface area contributed by atoms with Gasteiger partial charge in [0.2, 0.25) is 27.7 Å². The lowest BCUT2D eigenvalue weighted by atomic mass is 9.95. The molecule has 1 heterocycles. The highest BCUT2D eigenvalue weighted by Gasteiger charge is 2.38. The highest BCUT2D eigenvalue weighted by molar-refractivity contribution is 7.89. The molecule has 11 heteroatoms. The number of rotatable bonds is 7. The van der Waals surface area contributed by atoms with Crippen LogP contribution in [0.1, 0.15) is 39.0 Å². The van der Waals surface area contributed by atoms with Crippen LogP contribution < -0.4 is 24.7 Å². The van der Waals surface area contributed by atoms with Crippen LogP contribution in [0.3, 0.4) is 0 Å². The summed E-state index contributed by atoms with van der Waals surface area (Å²) >= 11 is 0. The lowest BCUT2D eigenvalue weighted by Crippen LogP contribution is -2.54. The number of carbonyl (C=O) groups excluding carboxylic acids is 3. The molecule has 10 nitrogen and oxygen atoms in total. The zero-order valence-electron chi connectivity index (χ0n) is 24.2. The van der Waals surface area contributed by atoms with Crippen molar-refractivity contribution in [3.63, 3.8) is 0 Å². The second-order valence-electron chi connectivity index (χ2n) is 11.1. The number of para-hydroxylation sites is 2. The minimum Gasteiger partial charge on any atom is -0.377 e. The fourth-order valence-corrected chi connectivity index (χ4v) is 7.34. The lowest BCUT2D eigenvalue weighted by Gasteiger charge is -2.27. The van der Waals surface area contributed by atoms with Crippen LogP contribution in [0.2, 0.25) is 0 Å². The Morgan fingerprint density at radius 1 is 0.905 bits per heavy atom. The van der Waals surface area contributed by atoms with Gasteiger partial charge in [0, 0.05) is 43.5 Å². The largest absolute Gasteiger partial charge is 0.377 e. The average Bonchev–Trinajstić information content (AvgIpc) is 3.07. The van der Waals surface area contributed by atoms with Crippen LogP contribution in [0.5, 0.6) is 0 Å². The number of sulfonamides is 1. The summed E-state index contributed by atoms with van der Waals surface area (Å²) in [5.41, 5.74) is 1.66. The fraction of sp³-hybridized carbons (Fsp3) is 0.387. The van der Waals surface area contributed by atoms with E-state index >= 15 is 0 Å². The lowest BCUT2D eigenvalue weighted by molar-refractivity contribution is -0.125. The van der Waals surface area contributed by atoms with Crippen molar-refractivity contribution >= 4 is 55.6 Å². The van der Waals surface area contributed by atoms with E-state index in [1.807, 2.05) is 31.1 Å². The van der Waals surface area contributed by atoms with Gasteiger partial charge in [-0.15, -0.1) is 0 Å². The quantitative estimate of drug-likeness (QED) is 0.435. The van der Waals surface area contributed by atoms with Crippen molar-refractivity contribution in [1.82, 2.24) is 10.0 Å². The number of hydrogen-bond acceptors (Lipinski definition) is 6. The normalized spacial score (nSPS) is 18.0. The third-order valence-corrected chi connectivity index (χ3v) is 9.50. The smallest absolute Gasteiger partial charge is 0.247 e. The Morgan fingerprint density at radius 2 is 1.57 bits per heavy atom. The van der Waals surface area contributed by atoms with E-state index in [0.29, 0.717) is 16.8 Å². The van der Waals surface area contributed by atoms with Gasteiger partial charge in [0.25, 0.3) is 0 Å². The molecule has 2 aliphatic rings. The van der Waals surface area contributed by atoms with Crippen molar-refractivity contribution in [1.29, 1.82) is 0 Å². The zero-order chi connectivity index (χ0) is 30.0. The van der Waals surface area contributed by atoms with Crippen molar-refractivity contribution in [2.24, 2.45) is 0 Å². The molecular formula is C31H37N5O5S. The van der Waals surface area contributed by atoms with Crippen LogP contribution in [0, 0.1) is 0 Å². The molecule has 5 rings (SSSR count). The molecule has 3 aromatic carbocycles. The Morgan fingerprint density at radius 3 is 2.26 bits per heavy atom. The van der Waals surface area contributed by atoms with Crippen LogP contribution in [0.4, 0.5) is 17.1 Å². The predicted octanol–water partition coefficient (Wildman–Crippen LogP) is 3.40. The van der Waals surface area contributed by atoms with E-state index in [0.717, 1.165) is 43.2 Å². The van der Waals surface area contributed by atoms with Gasteiger partial charge in [0.05, 0.1) is 22.8 Å². The van der Waals surface area contributed by atoms with E-state index in [-0.39, 0.29) is 35.8 Å². The monoisotopic (exact) mass is 591 g/mol. The van der Waals surface area contributed by atoms with E-state index in [1.165, 1.54) is 22.8 Å². The molecule has 0 spiro atoms. The minimum absolute atomic E-state index is 0.0224. The first-order valence-corrected chi connectivity index (χ1v) is 15.7. The third-order valence-electron chi connectivity index (χ3n) is 7.97. The molecule has 0 bridgehead atoms. The number of hydrogen-bond donors (Lipinski definition) is 2. The molecule has 0 radical (unpaired) electrons. The Hall–Kier alpha value is -3.96. The summed E-state index contributed by atoms with van der Waals surface area (Å²) in [6.45, 7) is 0.849. The van der Waals surface area contributed by atoms with Crippen molar-refractivity contribution in [2.45, 2.75) is 56.0 Å². The van der Waals surface area contributed by atoms with Gasteiger partial charge in [-0.1, -0.05) is 55.7 Å². The third kappa shape index (κ3) is 5.98. The van der Waals surface area contributed by atoms with E-state index < -0.39 is 22.0 Å². The van der Waals surface area contributed by atoms with E-state index in [4.69, 9.17) is 0 Å². The van der Waals surface area contributed by atoms with Gasteiger partial charge in [-0.3, -0.25) is 19.3 Å². The second kappa shape index (κ2) is 12.1. The van der Waals surface area contributed by atoms with Crippen molar-refractivity contribution in [3.8, 4) is 0 Å². The van der Waals surface area contributed by atoms with E-state index in [9.17, 15) is 22.8 Å². The number of benzene rings is 3. The Bertz CT molecular complexity index is 1620. The second-order valence-corrected chi connectivity index (χ2v) is 12.8. The van der Waals surface area contributed by atoms with Crippen LogP contribution >= 0.6 is 0 Å². The molecule has 3 aromatic rings. The summed E-state index contributed by atoms with van der Waals surface area (Å²) in [6.07, 6.45) is 4.99. The maximum atomic E-state index is 14.1. The Kier molecular flexibility index (Phi) is 8.51. The molecule has 1 fully saturated rings. The molecule has 1 aliphatic heterocycles. The number of nitrogens with zero attached hydrogens (tertiary/aromatic N) is 3. The van der Waals surface area contributed by atoms with Crippen LogP contribution in [-0.4, -0.2) is 65.4 Å². The Labute approximate surface area is 246 Å². The highest BCUT2D eigenvalue weighted by atomic mass is 32.2. The predicted molar refractivity (Wildman–Crippen MR) is 164 cm³/mol. The number of amides is 3. The summed E-state index contributed by atoms with van der Waals surface area (Å²) in [5.74, 6) is -1.29. The number of anilines is 3. The summed E-state index contributed by atoms with van der Waals surface area (Å²) < 4.78 is 30.4. The van der Waals surface area contributed by atoms with E-state index in [2.05, 4.69) is 10.0 Å². The van der Waals surface area contributed by atoms with Gasteiger partial charge in [0.1, 0.15) is 12.6 Å². The van der Waals surface area contributed by atoms with Crippen LogP contribution in [0.25, 0.3) is 10.8 Å². The average molecular weight is 592 g/mol. The first kappa shape index (κ1) is 29.5. The van der Waals surface area contributed by atoms with Crippen molar-refractivity contribution < 1.29 is 22.8 Å². The minimum atomic E-state index is -4.24. The molecule has 42 heavy (non-hydrogen) atoms. The standard InChI is InChI=1S/C31H37N5O5S/c1-21(37)35-19-25(33-42(40,41)29-18-10-13-23-24(29)14-9-17-26(23)34(2)3)31(39)36(28-16-8-7-15-27(28)35)20-30(38)32-22-11-5-4-6-12-22/h7-10,13-18,22,25,33H,4-6,11-12,19-20H2,1-3H3,(H,32,38). The SMILES string of the molecule is CC(=O)N1CC(NS(=O)(=O)c2cccc3c(N(C)C)cccc23)C(=O)N(CC(=O)NC2CCCCC2)c2ccccc21. The molecule has 1 aliphatic carbocycles. The molecule has 1 atom stereocenters. The van der Waals surface area contributed by atoms with E-state index in [1.54, 1.807) is 42.5 Å². The van der Waals surface area contributed by atoms with Gasteiger partial charge in [-0.25, -0.2) is 8.42 Å². The molecular weight excluding hydrogens is 554 g/mol. The summed E-state index contributed by atoms with van der Waals surface area (Å²) in [5, 5.41) is 4.29. The van der Waals surface area contributed by atoms with Gasteiger partial charge in [-0.2, -0.15) is 4.72 Å². The van der Waals surface area contributed by atoms with Crippen LogP contribution in [0.15, 0.2) is 65.6 Å². The molecule has 1 saturated carbocycles. The zero-order valence-corrected chi connectivity index (χ0v) is 25.0. The van der Waals surface area contributed by atoms with Crippen molar-refractivity contribution in [2.75, 3.05) is 41.9 Å². The molecule has 0 saturated heterocycles. The molecule has 3 amide bonds. The van der Waals surface area contributed by atoms with Gasteiger partial charge < -0.3 is 15.1 Å². The summed E-state index contributed by atoms with van der Waals surface area (Å²) in [6, 6.07) is 16.0. The van der Waals surface area contributed by atoms with Crippen molar-refractivity contribution in [3.05, 3.63) is 60.7 Å². The van der Waals surface area contributed by atoms with Gasteiger partial charge in [0.15, 0.2) is 0 Å². The summed E-state index contributed by atoms with van der Waals surface area (Å²) in [4.78, 5) is 44.7. The Balaban J connectivity index is 1.51. The van der Waals surface area contributed by atoms with Gasteiger partial charge in [-0.05, 0) is 37.1 Å². The van der Waals surface area contributed by atoms with Crippen LogP contribution in [-0.2, 0) is 24.4 Å². The number of carbonyl (C=O) groups is 3. The first-order valence-electron chi connectivity index (χ1n) is 14.3. The maximum Gasteiger partial charge on any atom is 0.247 e. The summed E-state index contributed by atoms with van der Waals surface area (Å²) in [7, 11) is -0.483.